The number of hydrogen-bond acceptors (Lipinski definition) is 6. The number of unbranched alkanes of at least 4 members (excludes halogenated alkanes) is 1. The van der Waals surface area contributed by atoms with E-state index < -0.39 is 23.7 Å². The van der Waals surface area contributed by atoms with E-state index in [4.69, 9.17) is 5.11 Å². The maximum Gasteiger partial charge on any atom is 0.335 e. The highest BCUT2D eigenvalue weighted by Gasteiger charge is 2.55. The van der Waals surface area contributed by atoms with Crippen molar-refractivity contribution < 1.29 is 29.4 Å². The number of amides is 3. The van der Waals surface area contributed by atoms with Gasteiger partial charge in [-0.15, -0.1) is 12.4 Å². The number of carboxylic acid groups (broad SMARTS) is 1. The van der Waals surface area contributed by atoms with Crippen molar-refractivity contribution in [3.05, 3.63) is 70.8 Å². The smallest absolute Gasteiger partial charge is 0.335 e. The molecule has 3 aliphatic rings. The fourth-order valence-electron chi connectivity index (χ4n) is 7.11. The highest BCUT2D eigenvalue weighted by atomic mass is 35.5. The van der Waals surface area contributed by atoms with Gasteiger partial charge in [0.1, 0.15) is 11.6 Å². The second kappa shape index (κ2) is 15.9. The van der Waals surface area contributed by atoms with Gasteiger partial charge >= 0.3 is 5.97 Å². The Labute approximate surface area is 277 Å². The molecule has 0 unspecified atom stereocenters. The number of piperazine rings is 1. The number of aliphatic hydroxyl groups is 1. The predicted molar refractivity (Wildman–Crippen MR) is 177 cm³/mol. The number of aliphatic hydroxyl groups excluding tert-OH is 1. The topological polar surface area (TPSA) is 139 Å². The minimum absolute atomic E-state index is 0. The van der Waals surface area contributed by atoms with Gasteiger partial charge in [0.2, 0.25) is 11.8 Å². The van der Waals surface area contributed by atoms with Crippen LogP contribution in [0.25, 0.3) is 0 Å². The molecule has 46 heavy (non-hydrogen) atoms. The summed E-state index contributed by atoms with van der Waals surface area (Å²) in [6.45, 7) is 4.87. The van der Waals surface area contributed by atoms with Crippen molar-refractivity contribution in [1.29, 1.82) is 0 Å². The third-order valence-electron chi connectivity index (χ3n) is 9.93. The second-order valence-corrected chi connectivity index (χ2v) is 12.9. The lowest BCUT2D eigenvalue weighted by atomic mass is 9.78. The summed E-state index contributed by atoms with van der Waals surface area (Å²) in [5, 5.41) is 26.1. The van der Waals surface area contributed by atoms with Gasteiger partial charge in [-0.1, -0.05) is 56.9 Å². The number of rotatable bonds is 11. The minimum atomic E-state index is -0.989. The summed E-state index contributed by atoms with van der Waals surface area (Å²) in [6.07, 6.45) is 7.01. The molecule has 1 saturated carbocycles. The first kappa shape index (κ1) is 35.4. The van der Waals surface area contributed by atoms with Crippen LogP contribution in [0, 0.1) is 5.92 Å². The molecular weight excluding hydrogens is 608 g/mol. The zero-order chi connectivity index (χ0) is 32.0. The van der Waals surface area contributed by atoms with Gasteiger partial charge in [-0.05, 0) is 73.4 Å². The monoisotopic (exact) mass is 654 g/mol. The molecule has 10 nitrogen and oxygen atoms in total. The van der Waals surface area contributed by atoms with E-state index >= 15 is 0 Å². The van der Waals surface area contributed by atoms with E-state index in [9.17, 15) is 24.3 Å². The Morgan fingerprint density at radius 2 is 1.57 bits per heavy atom. The minimum Gasteiger partial charge on any atom is -0.478 e. The molecule has 4 N–H and O–H groups in total. The lowest BCUT2D eigenvalue weighted by Crippen LogP contribution is -2.75. The molecule has 11 heteroatoms. The summed E-state index contributed by atoms with van der Waals surface area (Å²) >= 11 is 0. The van der Waals surface area contributed by atoms with Crippen molar-refractivity contribution in [2.75, 3.05) is 19.6 Å². The molecule has 2 aromatic rings. The third kappa shape index (κ3) is 7.90. The first-order chi connectivity index (χ1) is 21.7. The van der Waals surface area contributed by atoms with Crippen LogP contribution in [0.2, 0.25) is 0 Å². The molecule has 250 valence electrons. The van der Waals surface area contributed by atoms with Gasteiger partial charge in [0.15, 0.2) is 0 Å². The first-order valence-electron chi connectivity index (χ1n) is 16.4. The van der Waals surface area contributed by atoms with Crippen molar-refractivity contribution in [2.24, 2.45) is 5.92 Å². The Kier molecular flexibility index (Phi) is 12.2. The summed E-state index contributed by atoms with van der Waals surface area (Å²) in [5.41, 5.74) is 1.71. The normalized spacial score (nSPS) is 20.9. The fourth-order valence-corrected chi connectivity index (χ4v) is 7.11. The van der Waals surface area contributed by atoms with Crippen molar-refractivity contribution >= 4 is 36.1 Å². The number of nitrogens with zero attached hydrogens (tertiary/aromatic N) is 2. The second-order valence-electron chi connectivity index (χ2n) is 12.9. The molecule has 3 amide bonds. The Bertz CT molecular complexity index is 1350. The van der Waals surface area contributed by atoms with Crippen LogP contribution < -0.4 is 10.6 Å². The molecule has 3 fully saturated rings. The molecule has 2 atom stereocenters. The molecule has 0 aromatic heterocycles. The van der Waals surface area contributed by atoms with Gasteiger partial charge in [-0.25, -0.2) is 4.79 Å². The number of piperidine rings is 1. The number of hydrogen-bond donors (Lipinski definition) is 4. The fraction of sp³-hybridized carbons (Fsp3) is 0.543. The van der Waals surface area contributed by atoms with Crippen LogP contribution in [0.4, 0.5) is 0 Å². The lowest BCUT2D eigenvalue weighted by molar-refractivity contribution is -0.166. The number of aromatic carboxylic acids is 1. The standard InChI is InChI=1S/C35H46N4O6.ClH/c1-2-3-19-39-32(42)29(30(40)26-7-5-4-6-8-26)37-34(45)35(39)17-20-38(21-18-35)23-25-11-13-27(14-12-25)31(41)36-22-24-9-15-28(16-10-24)33(43)44;/h9-16,26,29-30,40H,2-8,17-23H2,1H3,(H,36,41)(H,37,45)(H,43,44);1H/t29-,30-;/m1./s1. The molecule has 1 spiro atoms. The number of carbonyl (C=O) groups is 4. The highest BCUT2D eigenvalue weighted by molar-refractivity contribution is 6.00. The molecule has 0 bridgehead atoms. The van der Waals surface area contributed by atoms with Gasteiger partial charge in [0.05, 0.1) is 11.7 Å². The average Bonchev–Trinajstić information content (AvgIpc) is 3.07. The summed E-state index contributed by atoms with van der Waals surface area (Å²) < 4.78 is 0. The molecule has 2 aromatic carbocycles. The summed E-state index contributed by atoms with van der Waals surface area (Å²) in [6, 6.07) is 13.0. The third-order valence-corrected chi connectivity index (χ3v) is 9.93. The molecule has 2 heterocycles. The van der Waals surface area contributed by atoms with E-state index in [0.29, 0.717) is 51.1 Å². The van der Waals surface area contributed by atoms with Crippen LogP contribution >= 0.6 is 12.4 Å². The maximum atomic E-state index is 13.8. The quantitative estimate of drug-likeness (QED) is 0.286. The van der Waals surface area contributed by atoms with E-state index in [2.05, 4.69) is 22.5 Å². The van der Waals surface area contributed by atoms with Crippen molar-refractivity contribution in [1.82, 2.24) is 20.4 Å². The average molecular weight is 655 g/mol. The summed E-state index contributed by atoms with van der Waals surface area (Å²) in [5.74, 6) is -1.42. The van der Waals surface area contributed by atoms with E-state index in [1.54, 1.807) is 29.2 Å². The maximum absolute atomic E-state index is 13.8. The van der Waals surface area contributed by atoms with Crippen LogP contribution in [0.3, 0.4) is 0 Å². The predicted octanol–water partition coefficient (Wildman–Crippen LogP) is 4.14. The van der Waals surface area contributed by atoms with Gasteiger partial charge in [-0.3, -0.25) is 19.3 Å². The zero-order valence-corrected chi connectivity index (χ0v) is 27.4. The molecule has 0 radical (unpaired) electrons. The Morgan fingerprint density at radius 1 is 0.957 bits per heavy atom. The molecule has 2 aliphatic heterocycles. The largest absolute Gasteiger partial charge is 0.478 e. The summed E-state index contributed by atoms with van der Waals surface area (Å²) in [4.78, 5) is 55.4. The highest BCUT2D eigenvalue weighted by Crippen LogP contribution is 2.36. The van der Waals surface area contributed by atoms with Gasteiger partial charge in [0.25, 0.3) is 5.91 Å². The number of nitrogens with one attached hydrogen (secondary N) is 2. The summed E-state index contributed by atoms with van der Waals surface area (Å²) in [7, 11) is 0. The Balaban J connectivity index is 0.00000480. The first-order valence-corrected chi connectivity index (χ1v) is 16.4. The SMILES string of the molecule is CCCCN1C(=O)[C@@H]([C@H](O)C2CCCCC2)NC(=O)C12CCN(Cc1ccc(C(=O)NCc3ccc(C(=O)O)cc3)cc1)CC2.Cl. The van der Waals surface area contributed by atoms with Crippen LogP contribution in [0.15, 0.2) is 48.5 Å². The van der Waals surface area contributed by atoms with Crippen molar-refractivity contribution in [3.8, 4) is 0 Å². The Hall–Kier alpha value is -3.47. The molecule has 5 rings (SSSR count). The molecular formula is C35H47ClN4O6. The van der Waals surface area contributed by atoms with Crippen LogP contribution in [-0.4, -0.2) is 81.0 Å². The van der Waals surface area contributed by atoms with E-state index in [1.807, 2.05) is 12.1 Å². The number of carbonyl (C=O) groups excluding carboxylic acids is 3. The number of benzene rings is 2. The van der Waals surface area contributed by atoms with E-state index in [0.717, 1.165) is 56.1 Å². The van der Waals surface area contributed by atoms with Crippen LogP contribution in [0.5, 0.6) is 0 Å². The van der Waals surface area contributed by atoms with Crippen LogP contribution in [-0.2, 0) is 22.7 Å². The van der Waals surface area contributed by atoms with Gasteiger partial charge < -0.3 is 25.7 Å². The van der Waals surface area contributed by atoms with Crippen molar-refractivity contribution in [3.63, 3.8) is 0 Å². The molecule has 2 saturated heterocycles. The van der Waals surface area contributed by atoms with E-state index in [1.165, 1.54) is 12.1 Å². The Morgan fingerprint density at radius 3 is 2.17 bits per heavy atom. The van der Waals surface area contributed by atoms with Gasteiger partial charge in [0, 0.05) is 38.3 Å². The van der Waals surface area contributed by atoms with E-state index in [-0.39, 0.29) is 41.6 Å². The van der Waals surface area contributed by atoms with Crippen molar-refractivity contribution in [2.45, 2.75) is 95.5 Å². The molecule has 1 aliphatic carbocycles. The lowest BCUT2D eigenvalue weighted by Gasteiger charge is -2.52. The number of halogens is 1. The zero-order valence-electron chi connectivity index (χ0n) is 26.6. The number of likely N-dealkylation sites (tertiary alicyclic amines) is 1. The van der Waals surface area contributed by atoms with Crippen LogP contribution in [0.1, 0.15) is 96.6 Å². The number of carboxylic acids is 1. The van der Waals surface area contributed by atoms with Gasteiger partial charge in [-0.2, -0.15) is 0 Å².